The number of carbonyl (C=O) groups excluding carboxylic acids is 1. The van der Waals surface area contributed by atoms with Gasteiger partial charge in [0, 0.05) is 12.5 Å². The molecule has 0 aromatic heterocycles. The molecule has 2 atom stereocenters. The van der Waals surface area contributed by atoms with Crippen LogP contribution in [-0.2, 0) is 13.9 Å². The van der Waals surface area contributed by atoms with Crippen LogP contribution in [0.3, 0.4) is 0 Å². The Morgan fingerprint density at radius 2 is 1.53 bits per heavy atom. The van der Waals surface area contributed by atoms with E-state index in [0.717, 1.165) is 12.0 Å². The highest BCUT2D eigenvalue weighted by Gasteiger charge is 2.52. The van der Waals surface area contributed by atoms with Crippen LogP contribution in [-0.4, -0.2) is 49.9 Å². The lowest BCUT2D eigenvalue weighted by Crippen LogP contribution is -2.67. The van der Waals surface area contributed by atoms with Crippen molar-refractivity contribution in [2.45, 2.75) is 91.1 Å². The van der Waals surface area contributed by atoms with Gasteiger partial charge in [-0.1, -0.05) is 87.0 Å². The van der Waals surface area contributed by atoms with Gasteiger partial charge in [-0.05, 0) is 63.4 Å². The van der Waals surface area contributed by atoms with E-state index in [1.807, 2.05) is 41.5 Å². The van der Waals surface area contributed by atoms with E-state index in [1.54, 1.807) is 4.90 Å². The fraction of sp³-hybridized carbons (Fsp3) is 0.531. The molecule has 6 heteroatoms. The Balaban J connectivity index is 2.05. The Bertz CT molecular complexity index is 1050. The zero-order valence-corrected chi connectivity index (χ0v) is 25.8. The molecule has 0 aliphatic carbocycles. The summed E-state index contributed by atoms with van der Waals surface area (Å²) in [7, 11) is -2.74. The lowest BCUT2D eigenvalue weighted by molar-refractivity contribution is -0.0651. The number of benzene rings is 2. The molecule has 1 saturated heterocycles. The molecule has 3 rings (SSSR count). The maximum absolute atomic E-state index is 13.4. The molecule has 1 aliphatic rings. The van der Waals surface area contributed by atoms with Gasteiger partial charge in [0.15, 0.2) is 0 Å². The van der Waals surface area contributed by atoms with Gasteiger partial charge in [0.25, 0.3) is 8.32 Å². The number of hydrogen-bond acceptors (Lipinski definition) is 4. The van der Waals surface area contributed by atoms with Crippen LogP contribution in [0.15, 0.2) is 72.8 Å². The van der Waals surface area contributed by atoms with Crippen molar-refractivity contribution in [2.75, 3.05) is 13.2 Å². The quantitative estimate of drug-likeness (QED) is 0.284. The predicted octanol–water partition coefficient (Wildman–Crippen LogP) is 6.52. The molecule has 208 valence electrons. The summed E-state index contributed by atoms with van der Waals surface area (Å²) in [6.07, 6.45) is 0.365. The first-order valence-electron chi connectivity index (χ1n) is 13.6. The second kappa shape index (κ2) is 11.4. The summed E-state index contributed by atoms with van der Waals surface area (Å²) in [6.45, 7) is 23.5. The van der Waals surface area contributed by atoms with E-state index in [0.29, 0.717) is 13.2 Å². The van der Waals surface area contributed by atoms with Crippen molar-refractivity contribution >= 4 is 24.8 Å². The summed E-state index contributed by atoms with van der Waals surface area (Å²) in [4.78, 5) is 15.2. The van der Waals surface area contributed by atoms with Crippen LogP contribution in [0.2, 0.25) is 5.04 Å². The predicted molar refractivity (Wildman–Crippen MR) is 158 cm³/mol. The zero-order valence-electron chi connectivity index (χ0n) is 24.8. The summed E-state index contributed by atoms with van der Waals surface area (Å²) in [6, 6.07) is 21.1. The molecule has 5 nitrogen and oxygen atoms in total. The second-order valence-electron chi connectivity index (χ2n) is 13.1. The highest BCUT2D eigenvalue weighted by Crippen LogP contribution is 2.39. The fourth-order valence-corrected chi connectivity index (χ4v) is 10.2. The molecule has 1 fully saturated rings. The van der Waals surface area contributed by atoms with E-state index in [2.05, 4.69) is 88.0 Å². The van der Waals surface area contributed by atoms with Crippen LogP contribution < -0.4 is 10.4 Å². The van der Waals surface area contributed by atoms with Gasteiger partial charge in [-0.25, -0.2) is 4.79 Å². The Labute approximate surface area is 231 Å². The average molecular weight is 538 g/mol. The molecule has 1 heterocycles. The first kappa shape index (κ1) is 30.1. The second-order valence-corrected chi connectivity index (χ2v) is 17.4. The van der Waals surface area contributed by atoms with Gasteiger partial charge in [-0.15, -0.1) is 6.58 Å². The highest BCUT2D eigenvalue weighted by atomic mass is 28.4. The smallest absolute Gasteiger partial charge is 0.412 e. The lowest BCUT2D eigenvalue weighted by Gasteiger charge is -2.45. The number of rotatable bonds is 8. The van der Waals surface area contributed by atoms with Crippen LogP contribution in [0, 0.1) is 5.92 Å². The molecular weight excluding hydrogens is 490 g/mol. The largest absolute Gasteiger partial charge is 0.444 e. The molecule has 0 bridgehead atoms. The monoisotopic (exact) mass is 537 g/mol. The van der Waals surface area contributed by atoms with Crippen molar-refractivity contribution in [1.82, 2.24) is 4.90 Å². The molecule has 0 N–H and O–H groups in total. The van der Waals surface area contributed by atoms with Crippen LogP contribution in [0.4, 0.5) is 4.79 Å². The van der Waals surface area contributed by atoms with E-state index in [9.17, 15) is 4.79 Å². The maximum Gasteiger partial charge on any atom is 0.412 e. The molecule has 38 heavy (non-hydrogen) atoms. The summed E-state index contributed by atoms with van der Waals surface area (Å²) < 4.78 is 19.3. The van der Waals surface area contributed by atoms with E-state index >= 15 is 0 Å². The van der Waals surface area contributed by atoms with Crippen molar-refractivity contribution in [3.05, 3.63) is 72.8 Å². The minimum atomic E-state index is -2.74. The SMILES string of the molecule is C=C(C)C[C@H](CO[Si](c1ccccc1)(c1ccccc1)C(C)(C)C)[C@@H]1COC(C)(C)N1C(=O)OC(C)(C)C. The third-order valence-corrected chi connectivity index (χ3v) is 12.2. The molecule has 0 unspecified atom stereocenters. The van der Waals surface area contributed by atoms with Crippen molar-refractivity contribution in [2.24, 2.45) is 5.92 Å². The van der Waals surface area contributed by atoms with Gasteiger partial charge in [-0.3, -0.25) is 4.90 Å². The number of nitrogens with zero attached hydrogens (tertiary/aromatic N) is 1. The minimum Gasteiger partial charge on any atom is -0.444 e. The minimum absolute atomic E-state index is 0.0107. The molecular formula is C32H47NO4Si. The zero-order chi connectivity index (χ0) is 28.4. The number of amides is 1. The van der Waals surface area contributed by atoms with E-state index < -0.39 is 19.6 Å². The van der Waals surface area contributed by atoms with Gasteiger partial charge in [0.1, 0.15) is 11.3 Å². The van der Waals surface area contributed by atoms with Gasteiger partial charge < -0.3 is 13.9 Å². The molecule has 0 saturated carbocycles. The average Bonchev–Trinajstić information content (AvgIpc) is 3.13. The van der Waals surface area contributed by atoms with Crippen LogP contribution in [0.5, 0.6) is 0 Å². The van der Waals surface area contributed by atoms with Gasteiger partial charge in [0.05, 0.1) is 12.6 Å². The molecule has 0 radical (unpaired) electrons. The summed E-state index contributed by atoms with van der Waals surface area (Å²) in [5.41, 5.74) is -0.331. The summed E-state index contributed by atoms with van der Waals surface area (Å²) in [5, 5.41) is 2.33. The Hall–Kier alpha value is -2.41. The van der Waals surface area contributed by atoms with Crippen LogP contribution >= 0.6 is 0 Å². The number of ether oxygens (including phenoxy) is 2. The maximum atomic E-state index is 13.4. The van der Waals surface area contributed by atoms with Crippen molar-refractivity contribution in [3.8, 4) is 0 Å². The Kier molecular flexibility index (Phi) is 9.01. The highest BCUT2D eigenvalue weighted by molar-refractivity contribution is 6.99. The third kappa shape index (κ3) is 6.59. The van der Waals surface area contributed by atoms with Crippen molar-refractivity contribution in [1.29, 1.82) is 0 Å². The molecule has 0 spiro atoms. The Morgan fingerprint density at radius 3 is 1.95 bits per heavy atom. The molecule has 1 aliphatic heterocycles. The Morgan fingerprint density at radius 1 is 1.03 bits per heavy atom. The number of allylic oxidation sites excluding steroid dienone is 1. The van der Waals surface area contributed by atoms with Crippen LogP contribution in [0.1, 0.15) is 68.7 Å². The summed E-state index contributed by atoms with van der Waals surface area (Å²) >= 11 is 0. The normalized spacial score (nSPS) is 18.8. The fourth-order valence-electron chi connectivity index (χ4n) is 5.59. The van der Waals surface area contributed by atoms with Gasteiger partial charge in [-0.2, -0.15) is 0 Å². The van der Waals surface area contributed by atoms with Gasteiger partial charge >= 0.3 is 6.09 Å². The molecule has 2 aromatic rings. The van der Waals surface area contributed by atoms with Crippen molar-refractivity contribution < 1.29 is 18.7 Å². The third-order valence-electron chi connectivity index (χ3n) is 7.19. The van der Waals surface area contributed by atoms with E-state index in [-0.39, 0.29) is 23.1 Å². The lowest BCUT2D eigenvalue weighted by atomic mass is 9.93. The topological polar surface area (TPSA) is 48.0 Å². The van der Waals surface area contributed by atoms with Gasteiger partial charge in [0.2, 0.25) is 0 Å². The summed E-state index contributed by atoms with van der Waals surface area (Å²) in [5.74, 6) is -0.0107. The van der Waals surface area contributed by atoms with Crippen LogP contribution in [0.25, 0.3) is 0 Å². The standard InChI is InChI=1S/C32H47NO4Si/c1-24(2)21-25(28-23-35-32(9,10)33(28)29(34)37-30(3,4)5)22-36-38(31(6,7)8,26-17-13-11-14-18-26)27-19-15-12-16-20-27/h11-20,25,28H,1,21-23H2,2-10H3/t25-,28+/m1/s1. The number of hydrogen-bond donors (Lipinski definition) is 0. The molecule has 1 amide bonds. The molecule has 2 aromatic carbocycles. The number of carbonyl (C=O) groups is 1. The first-order valence-corrected chi connectivity index (χ1v) is 15.5. The van der Waals surface area contributed by atoms with Crippen molar-refractivity contribution in [3.63, 3.8) is 0 Å². The van der Waals surface area contributed by atoms with E-state index in [1.165, 1.54) is 10.4 Å². The van der Waals surface area contributed by atoms with E-state index in [4.69, 9.17) is 13.9 Å². The first-order chi connectivity index (χ1) is 17.6.